The van der Waals surface area contributed by atoms with Crippen molar-refractivity contribution in [3.63, 3.8) is 0 Å². The van der Waals surface area contributed by atoms with Gasteiger partial charge in [-0.05, 0) is 36.7 Å². The summed E-state index contributed by atoms with van der Waals surface area (Å²) in [6, 6.07) is 4.95. The molecule has 2 N–H and O–H groups in total. The van der Waals surface area contributed by atoms with Crippen molar-refractivity contribution in [2.24, 2.45) is 5.73 Å². The second-order valence-corrected chi connectivity index (χ2v) is 5.45. The molecule has 0 aliphatic carbocycles. The lowest BCUT2D eigenvalue weighted by molar-refractivity contribution is 0.406. The van der Waals surface area contributed by atoms with Gasteiger partial charge in [0.25, 0.3) is 0 Å². The van der Waals surface area contributed by atoms with Gasteiger partial charge in [-0.2, -0.15) is 0 Å². The van der Waals surface area contributed by atoms with Crippen molar-refractivity contribution in [3.05, 3.63) is 56.5 Å². The number of halogens is 5. The van der Waals surface area contributed by atoms with E-state index in [1.54, 1.807) is 0 Å². The van der Waals surface area contributed by atoms with Gasteiger partial charge in [0, 0.05) is 6.07 Å². The fourth-order valence-corrected chi connectivity index (χ4v) is 2.29. The van der Waals surface area contributed by atoms with Crippen LogP contribution in [0.5, 0.6) is 11.5 Å². The Kier molecular flexibility index (Phi) is 5.27. The van der Waals surface area contributed by atoms with Gasteiger partial charge in [0.15, 0.2) is 17.4 Å². The van der Waals surface area contributed by atoms with Gasteiger partial charge in [-0.25, -0.2) is 8.78 Å². The predicted octanol–water partition coefficient (Wildman–Crippen LogP) is 5.22. The molecule has 0 aliphatic rings. The van der Waals surface area contributed by atoms with E-state index >= 15 is 0 Å². The first-order chi connectivity index (χ1) is 9.92. The van der Waals surface area contributed by atoms with Crippen molar-refractivity contribution in [2.75, 3.05) is 6.54 Å². The molecule has 2 aromatic carbocycles. The van der Waals surface area contributed by atoms with E-state index in [1.807, 2.05) is 0 Å². The molecule has 0 aromatic heterocycles. The summed E-state index contributed by atoms with van der Waals surface area (Å²) in [4.78, 5) is 0. The maximum Gasteiger partial charge on any atom is 0.198 e. The van der Waals surface area contributed by atoms with Crippen molar-refractivity contribution in [1.82, 2.24) is 0 Å². The molecular formula is C14H10Cl3F2NO. The second kappa shape index (κ2) is 6.79. The van der Waals surface area contributed by atoms with Crippen LogP contribution in [0.1, 0.15) is 5.56 Å². The fraction of sp³-hybridized carbons (Fsp3) is 0.143. The largest absolute Gasteiger partial charge is 0.450 e. The summed E-state index contributed by atoms with van der Waals surface area (Å²) in [5.74, 6) is -2.24. The van der Waals surface area contributed by atoms with Crippen LogP contribution in [0, 0.1) is 11.6 Å². The molecule has 0 heterocycles. The minimum absolute atomic E-state index is 0.00967. The molecule has 0 spiro atoms. The van der Waals surface area contributed by atoms with E-state index in [0.29, 0.717) is 12.0 Å². The van der Waals surface area contributed by atoms with E-state index < -0.39 is 17.4 Å². The van der Waals surface area contributed by atoms with Crippen LogP contribution in [-0.2, 0) is 6.42 Å². The number of ether oxygens (including phenoxy) is 1. The Morgan fingerprint density at radius 1 is 0.905 bits per heavy atom. The lowest BCUT2D eigenvalue weighted by atomic mass is 10.1. The Hall–Kier alpha value is -1.07. The van der Waals surface area contributed by atoms with Gasteiger partial charge in [-0.3, -0.25) is 0 Å². The Balaban J connectivity index is 2.38. The molecule has 0 aliphatic heterocycles. The highest BCUT2D eigenvalue weighted by Crippen LogP contribution is 2.38. The van der Waals surface area contributed by atoms with Crippen LogP contribution < -0.4 is 10.5 Å². The van der Waals surface area contributed by atoms with Crippen LogP contribution in [-0.4, -0.2) is 6.54 Å². The van der Waals surface area contributed by atoms with Gasteiger partial charge >= 0.3 is 0 Å². The Morgan fingerprint density at radius 2 is 1.48 bits per heavy atom. The van der Waals surface area contributed by atoms with Crippen molar-refractivity contribution in [3.8, 4) is 11.5 Å². The molecule has 0 saturated heterocycles. The second-order valence-electron chi connectivity index (χ2n) is 4.23. The van der Waals surface area contributed by atoms with Crippen LogP contribution in [0.4, 0.5) is 8.78 Å². The topological polar surface area (TPSA) is 35.2 Å². The molecule has 7 heteroatoms. The van der Waals surface area contributed by atoms with Crippen LogP contribution >= 0.6 is 34.8 Å². The molecule has 2 aromatic rings. The summed E-state index contributed by atoms with van der Waals surface area (Å²) in [7, 11) is 0. The number of hydrogen-bond donors (Lipinski definition) is 1. The lowest BCUT2D eigenvalue weighted by Gasteiger charge is -2.11. The number of nitrogens with two attached hydrogens (primary N) is 1. The SMILES string of the molecule is NCCc1cc(F)c(Oc2cc(Cl)c(Cl)cc2Cl)c(F)c1. The van der Waals surface area contributed by atoms with E-state index in [-0.39, 0.29) is 27.4 Å². The highest BCUT2D eigenvalue weighted by molar-refractivity contribution is 6.43. The van der Waals surface area contributed by atoms with Crippen molar-refractivity contribution in [1.29, 1.82) is 0 Å². The Bertz CT molecular complexity index is 657. The fourth-order valence-electron chi connectivity index (χ4n) is 1.71. The summed E-state index contributed by atoms with van der Waals surface area (Å²) in [5, 5.41) is 0.471. The molecular weight excluding hydrogens is 343 g/mol. The molecule has 0 fully saturated rings. The van der Waals surface area contributed by atoms with E-state index in [1.165, 1.54) is 12.1 Å². The maximum absolute atomic E-state index is 13.9. The third kappa shape index (κ3) is 3.77. The molecule has 0 radical (unpaired) electrons. The minimum Gasteiger partial charge on any atom is -0.450 e. The standard InChI is InChI=1S/C14H10Cl3F2NO/c15-8-5-10(17)13(6-9(8)16)21-14-11(18)3-7(1-2-20)4-12(14)19/h3-6H,1-2,20H2. The third-order valence-electron chi connectivity index (χ3n) is 2.68. The first-order valence-corrected chi connectivity index (χ1v) is 7.06. The number of rotatable bonds is 4. The molecule has 2 nitrogen and oxygen atoms in total. The van der Waals surface area contributed by atoms with Gasteiger partial charge in [0.2, 0.25) is 0 Å². The molecule has 2 rings (SSSR count). The molecule has 0 bridgehead atoms. The van der Waals surface area contributed by atoms with Gasteiger partial charge in [0.1, 0.15) is 5.75 Å². The van der Waals surface area contributed by atoms with E-state index in [9.17, 15) is 8.78 Å². The third-order valence-corrected chi connectivity index (χ3v) is 3.70. The lowest BCUT2D eigenvalue weighted by Crippen LogP contribution is -2.04. The Morgan fingerprint density at radius 3 is 2.05 bits per heavy atom. The predicted molar refractivity (Wildman–Crippen MR) is 80.7 cm³/mol. The highest BCUT2D eigenvalue weighted by Gasteiger charge is 2.16. The molecule has 112 valence electrons. The molecule has 0 atom stereocenters. The highest BCUT2D eigenvalue weighted by atomic mass is 35.5. The summed E-state index contributed by atoms with van der Waals surface area (Å²) in [5.41, 5.74) is 5.80. The average Bonchev–Trinajstić information content (AvgIpc) is 2.40. The van der Waals surface area contributed by atoms with Crippen LogP contribution in [0.3, 0.4) is 0 Å². The van der Waals surface area contributed by atoms with Gasteiger partial charge in [-0.1, -0.05) is 34.8 Å². The van der Waals surface area contributed by atoms with Gasteiger partial charge < -0.3 is 10.5 Å². The van der Waals surface area contributed by atoms with E-state index in [2.05, 4.69) is 0 Å². The van der Waals surface area contributed by atoms with Crippen molar-refractivity contribution in [2.45, 2.75) is 6.42 Å². The molecule has 0 amide bonds. The summed E-state index contributed by atoms with van der Waals surface area (Å²) in [6.07, 6.45) is 0.363. The quantitative estimate of drug-likeness (QED) is 0.766. The maximum atomic E-state index is 13.9. The zero-order valence-corrected chi connectivity index (χ0v) is 12.9. The van der Waals surface area contributed by atoms with Crippen LogP contribution in [0.15, 0.2) is 24.3 Å². The Labute approximate surface area is 135 Å². The first kappa shape index (κ1) is 16.3. The van der Waals surface area contributed by atoms with Crippen molar-refractivity contribution < 1.29 is 13.5 Å². The zero-order chi connectivity index (χ0) is 15.6. The average molecular weight is 353 g/mol. The zero-order valence-electron chi connectivity index (χ0n) is 10.6. The molecule has 0 saturated carbocycles. The van der Waals surface area contributed by atoms with Crippen molar-refractivity contribution >= 4 is 34.8 Å². The van der Waals surface area contributed by atoms with Gasteiger partial charge in [-0.15, -0.1) is 0 Å². The van der Waals surface area contributed by atoms with E-state index in [0.717, 1.165) is 12.1 Å². The van der Waals surface area contributed by atoms with Crippen LogP contribution in [0.2, 0.25) is 15.1 Å². The molecule has 21 heavy (non-hydrogen) atoms. The number of benzene rings is 2. The minimum atomic E-state index is -0.847. The van der Waals surface area contributed by atoms with Crippen LogP contribution in [0.25, 0.3) is 0 Å². The number of hydrogen-bond acceptors (Lipinski definition) is 2. The summed E-state index contributed by atoms with van der Waals surface area (Å²) in [6.45, 7) is 0.289. The summed E-state index contributed by atoms with van der Waals surface area (Å²) >= 11 is 17.5. The van der Waals surface area contributed by atoms with Gasteiger partial charge in [0.05, 0.1) is 15.1 Å². The monoisotopic (exact) mass is 351 g/mol. The van der Waals surface area contributed by atoms with E-state index in [4.69, 9.17) is 45.3 Å². The normalized spacial score (nSPS) is 10.8. The summed E-state index contributed by atoms with van der Waals surface area (Å²) < 4.78 is 33.0. The smallest absolute Gasteiger partial charge is 0.198 e. The first-order valence-electron chi connectivity index (χ1n) is 5.92. The molecule has 0 unspecified atom stereocenters.